The molecule has 2 fully saturated rings. The number of carbonyl (C=O) groups is 2. The van der Waals surface area contributed by atoms with E-state index in [1.54, 1.807) is 7.11 Å². The van der Waals surface area contributed by atoms with E-state index < -0.39 is 5.92 Å². The van der Waals surface area contributed by atoms with E-state index in [1.165, 1.54) is 11.3 Å². The van der Waals surface area contributed by atoms with Gasteiger partial charge in [0.2, 0.25) is 0 Å². The minimum atomic E-state index is -0.577. The van der Waals surface area contributed by atoms with E-state index >= 15 is 0 Å². The summed E-state index contributed by atoms with van der Waals surface area (Å²) < 4.78 is 7.19. The van der Waals surface area contributed by atoms with Gasteiger partial charge in [0.15, 0.2) is 10.6 Å². The van der Waals surface area contributed by atoms with Crippen molar-refractivity contribution in [1.82, 2.24) is 4.57 Å². The molecule has 2 saturated carbocycles. The van der Waals surface area contributed by atoms with Crippen LogP contribution in [0.3, 0.4) is 0 Å². The van der Waals surface area contributed by atoms with Crippen LogP contribution in [0.4, 0.5) is 0 Å². The molecule has 0 spiro atoms. The first-order valence-corrected chi connectivity index (χ1v) is 9.75. The van der Waals surface area contributed by atoms with Gasteiger partial charge in [-0.05, 0) is 38.0 Å². The quantitative estimate of drug-likeness (QED) is 0.772. The Bertz CT molecular complexity index is 789. The van der Waals surface area contributed by atoms with Gasteiger partial charge >= 0.3 is 0 Å². The minimum absolute atomic E-state index is 0.0935. The number of fused-ring (bicyclic) bond motifs is 2. The number of aromatic nitrogens is 1. The van der Waals surface area contributed by atoms with E-state index in [0.29, 0.717) is 18.0 Å². The molecule has 0 N–H and O–H groups in total. The van der Waals surface area contributed by atoms with E-state index in [2.05, 4.69) is 18.8 Å². The highest BCUT2D eigenvalue weighted by Gasteiger charge is 2.67. The first kappa shape index (κ1) is 18.5. The van der Waals surface area contributed by atoms with Crippen molar-refractivity contribution in [1.29, 1.82) is 0 Å². The molecule has 1 aromatic heterocycles. The Kier molecular flexibility index (Phi) is 4.57. The van der Waals surface area contributed by atoms with E-state index in [4.69, 9.17) is 4.74 Å². The number of aryl methyl sites for hydroxylation is 1. The molecule has 0 unspecified atom stereocenters. The summed E-state index contributed by atoms with van der Waals surface area (Å²) in [4.78, 5) is 32.1. The van der Waals surface area contributed by atoms with Crippen LogP contribution in [-0.4, -0.2) is 30.0 Å². The summed E-state index contributed by atoms with van der Waals surface area (Å²) in [6.07, 6.45) is 1.83. The maximum atomic E-state index is 13.0. The van der Waals surface area contributed by atoms with Gasteiger partial charge in [-0.3, -0.25) is 9.59 Å². The van der Waals surface area contributed by atoms with Crippen LogP contribution >= 0.6 is 11.3 Å². The molecule has 6 heteroatoms. The zero-order valence-electron chi connectivity index (χ0n) is 16.0. The van der Waals surface area contributed by atoms with Crippen LogP contribution in [0.2, 0.25) is 0 Å². The van der Waals surface area contributed by atoms with E-state index in [1.807, 2.05) is 25.3 Å². The minimum Gasteiger partial charge on any atom is -0.383 e. The molecule has 138 valence electrons. The zero-order chi connectivity index (χ0) is 18.6. The summed E-state index contributed by atoms with van der Waals surface area (Å²) in [5.41, 5.74) is 0.578. The Labute approximate surface area is 153 Å². The van der Waals surface area contributed by atoms with Gasteiger partial charge in [0.25, 0.3) is 5.91 Å². The number of thiazole rings is 1. The van der Waals surface area contributed by atoms with E-state index in [-0.39, 0.29) is 28.4 Å². The molecule has 1 heterocycles. The van der Waals surface area contributed by atoms with Crippen molar-refractivity contribution >= 4 is 23.0 Å². The Morgan fingerprint density at radius 2 is 2.04 bits per heavy atom. The number of Topliss-reactive ketones (excluding diaryl/α,β-unsaturated/α-hetero) is 1. The Morgan fingerprint density at radius 1 is 1.36 bits per heavy atom. The van der Waals surface area contributed by atoms with Crippen LogP contribution in [0.1, 0.15) is 44.2 Å². The van der Waals surface area contributed by atoms with Crippen molar-refractivity contribution in [3.63, 3.8) is 0 Å². The molecule has 2 aliphatic carbocycles. The molecule has 1 aromatic rings. The lowest BCUT2D eigenvalue weighted by Gasteiger charge is -2.32. The number of amides is 1. The van der Waals surface area contributed by atoms with Gasteiger partial charge in [-0.25, -0.2) is 0 Å². The molecule has 25 heavy (non-hydrogen) atoms. The summed E-state index contributed by atoms with van der Waals surface area (Å²) in [6.45, 7) is 11.6. The van der Waals surface area contributed by atoms with Crippen LogP contribution in [-0.2, 0) is 20.9 Å². The monoisotopic (exact) mass is 364 g/mol. The third-order valence-electron chi connectivity index (χ3n) is 6.91. The molecule has 0 radical (unpaired) electrons. The molecule has 3 atom stereocenters. The highest BCUT2D eigenvalue weighted by Crippen LogP contribution is 2.65. The molecule has 3 rings (SSSR count). The Morgan fingerprint density at radius 3 is 2.60 bits per heavy atom. The smallest absolute Gasteiger partial charge is 0.259 e. The molecular formula is C19H28N2O3S. The van der Waals surface area contributed by atoms with Crippen molar-refractivity contribution in [3.05, 3.63) is 15.4 Å². The van der Waals surface area contributed by atoms with Crippen molar-refractivity contribution < 1.29 is 14.3 Å². The maximum absolute atomic E-state index is 13.0. The second kappa shape index (κ2) is 6.16. The summed E-state index contributed by atoms with van der Waals surface area (Å²) >= 11 is 1.51. The molecule has 2 bridgehead atoms. The largest absolute Gasteiger partial charge is 0.383 e. The van der Waals surface area contributed by atoms with Crippen LogP contribution in [0.5, 0.6) is 0 Å². The van der Waals surface area contributed by atoms with Crippen molar-refractivity contribution in [2.75, 3.05) is 13.7 Å². The summed E-state index contributed by atoms with van der Waals surface area (Å²) in [7, 11) is 1.66. The van der Waals surface area contributed by atoms with Crippen LogP contribution in [0, 0.1) is 36.5 Å². The number of hydrogen-bond acceptors (Lipinski definition) is 4. The second-order valence-electron chi connectivity index (χ2n) is 8.16. The number of hydrogen-bond donors (Lipinski definition) is 0. The van der Waals surface area contributed by atoms with E-state index in [0.717, 1.165) is 23.4 Å². The van der Waals surface area contributed by atoms with Gasteiger partial charge in [-0.15, -0.1) is 11.3 Å². The Balaban J connectivity index is 1.97. The van der Waals surface area contributed by atoms with E-state index in [9.17, 15) is 9.59 Å². The van der Waals surface area contributed by atoms with Gasteiger partial charge in [0, 0.05) is 29.6 Å². The van der Waals surface area contributed by atoms with Crippen LogP contribution in [0.15, 0.2) is 4.99 Å². The number of nitrogens with zero attached hydrogens (tertiary/aromatic N) is 2. The van der Waals surface area contributed by atoms with Gasteiger partial charge in [-0.2, -0.15) is 4.99 Å². The summed E-state index contributed by atoms with van der Waals surface area (Å²) in [6, 6.07) is 0. The fourth-order valence-electron chi connectivity index (χ4n) is 4.66. The normalized spacial score (nSPS) is 31.1. The topological polar surface area (TPSA) is 60.7 Å². The average Bonchev–Trinajstić information content (AvgIpc) is 2.99. The predicted molar refractivity (Wildman–Crippen MR) is 97.3 cm³/mol. The molecule has 2 aliphatic rings. The van der Waals surface area contributed by atoms with Crippen molar-refractivity contribution in [3.8, 4) is 0 Å². The second-order valence-corrected chi connectivity index (χ2v) is 9.34. The third kappa shape index (κ3) is 2.56. The zero-order valence-corrected chi connectivity index (χ0v) is 16.8. The van der Waals surface area contributed by atoms with Crippen molar-refractivity contribution in [2.24, 2.45) is 27.7 Å². The molecule has 5 nitrogen and oxygen atoms in total. The SMILES string of the molecule is COCCn1c(C)c(C)s/c1=N\C(=O)[C@@H]1C(=O)[C@]2(C)CC[C@H]1C2(C)C. The average molecular weight is 365 g/mol. The standard InChI is InChI=1S/C19H28N2O3S/c1-11-12(2)25-17(21(11)9-10-24-6)20-16(23)14-13-7-8-19(5,15(14)22)18(13,3)4/h13-14H,7-10H2,1-6H3/b20-17-/t13-,14+,19+/m1/s1. The number of carbonyl (C=O) groups excluding carboxylic acids is 2. The molecule has 0 saturated heterocycles. The lowest BCUT2D eigenvalue weighted by atomic mass is 9.70. The van der Waals surface area contributed by atoms with Gasteiger partial charge in [0.1, 0.15) is 5.92 Å². The van der Waals surface area contributed by atoms with Crippen molar-refractivity contribution in [2.45, 2.75) is 54.0 Å². The highest BCUT2D eigenvalue weighted by atomic mass is 32.1. The Hall–Kier alpha value is -1.27. The van der Waals surface area contributed by atoms with Gasteiger partial charge < -0.3 is 9.30 Å². The lowest BCUT2D eigenvalue weighted by molar-refractivity contribution is -0.137. The van der Waals surface area contributed by atoms with Gasteiger partial charge in [-0.1, -0.05) is 20.8 Å². The molecule has 0 aliphatic heterocycles. The number of ether oxygens (including phenoxy) is 1. The number of ketones is 1. The summed E-state index contributed by atoms with van der Waals surface area (Å²) in [5, 5.41) is 0. The fourth-order valence-corrected chi connectivity index (χ4v) is 5.67. The third-order valence-corrected chi connectivity index (χ3v) is 8.01. The molecular weight excluding hydrogens is 336 g/mol. The highest BCUT2D eigenvalue weighted by molar-refractivity contribution is 7.09. The van der Waals surface area contributed by atoms with Crippen LogP contribution < -0.4 is 4.80 Å². The number of methoxy groups -OCH3 is 1. The van der Waals surface area contributed by atoms with Gasteiger partial charge in [0.05, 0.1) is 6.61 Å². The van der Waals surface area contributed by atoms with Crippen LogP contribution in [0.25, 0.3) is 0 Å². The first-order valence-electron chi connectivity index (χ1n) is 8.94. The predicted octanol–water partition coefficient (Wildman–Crippen LogP) is 2.88. The number of rotatable bonds is 4. The molecule has 1 amide bonds. The summed E-state index contributed by atoms with van der Waals surface area (Å²) in [5.74, 6) is -0.641. The fraction of sp³-hybridized carbons (Fsp3) is 0.737. The first-order chi connectivity index (χ1) is 11.6. The molecule has 0 aromatic carbocycles. The lowest BCUT2D eigenvalue weighted by Crippen LogP contribution is -2.35. The maximum Gasteiger partial charge on any atom is 0.259 e.